The third-order valence-electron chi connectivity index (χ3n) is 4.53. The number of benzene rings is 1. The molecule has 0 radical (unpaired) electrons. The zero-order valence-electron chi connectivity index (χ0n) is 13.7. The summed E-state index contributed by atoms with van der Waals surface area (Å²) in [5, 5.41) is 4.06. The van der Waals surface area contributed by atoms with Crippen LogP contribution in [-0.4, -0.2) is 56.7 Å². The van der Waals surface area contributed by atoms with E-state index in [4.69, 9.17) is 0 Å². The van der Waals surface area contributed by atoms with Crippen LogP contribution in [0.1, 0.15) is 24.1 Å². The molecule has 0 spiro atoms. The second kappa shape index (κ2) is 6.91. The molecule has 1 fully saturated rings. The van der Waals surface area contributed by atoms with Gasteiger partial charge >= 0.3 is 0 Å². The number of amides is 1. The number of carbonyl (C=O) groups excluding carboxylic acids is 1. The van der Waals surface area contributed by atoms with Crippen molar-refractivity contribution in [1.82, 2.24) is 24.6 Å². The largest absolute Gasteiger partial charge is 0.338 e. The van der Waals surface area contributed by atoms with Gasteiger partial charge in [-0.25, -0.2) is 9.67 Å². The van der Waals surface area contributed by atoms with Gasteiger partial charge in [0.05, 0.1) is 0 Å². The van der Waals surface area contributed by atoms with Gasteiger partial charge in [0.25, 0.3) is 0 Å². The fourth-order valence-corrected chi connectivity index (χ4v) is 2.95. The van der Waals surface area contributed by atoms with Gasteiger partial charge in [-0.3, -0.25) is 9.69 Å². The highest BCUT2D eigenvalue weighted by Gasteiger charge is 2.26. The molecule has 0 bridgehead atoms. The van der Waals surface area contributed by atoms with Gasteiger partial charge < -0.3 is 4.90 Å². The van der Waals surface area contributed by atoms with Gasteiger partial charge in [0.1, 0.15) is 18.7 Å². The van der Waals surface area contributed by atoms with Crippen molar-refractivity contribution in [3.8, 4) is 0 Å². The van der Waals surface area contributed by atoms with Gasteiger partial charge in [0, 0.05) is 32.7 Å². The minimum atomic E-state index is -0.291. The van der Waals surface area contributed by atoms with Gasteiger partial charge in [-0.15, -0.1) is 0 Å². The maximum absolute atomic E-state index is 12.5. The monoisotopic (exact) mass is 313 g/mol. The maximum atomic E-state index is 12.5. The Labute approximate surface area is 136 Å². The highest BCUT2D eigenvalue weighted by molar-refractivity contribution is 5.80. The quantitative estimate of drug-likeness (QED) is 0.858. The van der Waals surface area contributed by atoms with Crippen molar-refractivity contribution in [1.29, 1.82) is 0 Å². The Kier molecular flexibility index (Phi) is 4.71. The summed E-state index contributed by atoms with van der Waals surface area (Å²) >= 11 is 0. The summed E-state index contributed by atoms with van der Waals surface area (Å²) in [7, 11) is 0. The molecule has 1 aliphatic heterocycles. The smallest absolute Gasteiger partial charge is 0.247 e. The van der Waals surface area contributed by atoms with Gasteiger partial charge in [0.15, 0.2) is 0 Å². The Morgan fingerprint density at radius 2 is 1.96 bits per heavy atom. The predicted molar refractivity (Wildman–Crippen MR) is 87.8 cm³/mol. The van der Waals surface area contributed by atoms with Crippen LogP contribution in [0.25, 0.3) is 0 Å². The number of aromatic nitrogens is 3. The van der Waals surface area contributed by atoms with Crippen LogP contribution in [0.5, 0.6) is 0 Å². The molecule has 1 aliphatic rings. The van der Waals surface area contributed by atoms with Crippen molar-refractivity contribution in [2.24, 2.45) is 0 Å². The average molecular weight is 313 g/mol. The van der Waals surface area contributed by atoms with E-state index in [-0.39, 0.29) is 11.9 Å². The molecule has 2 aromatic rings. The lowest BCUT2D eigenvalue weighted by atomic mass is 10.1. The minimum absolute atomic E-state index is 0.117. The van der Waals surface area contributed by atoms with E-state index in [1.807, 2.05) is 11.8 Å². The van der Waals surface area contributed by atoms with Gasteiger partial charge in [0.2, 0.25) is 5.91 Å². The normalized spacial score (nSPS) is 17.2. The molecule has 6 nitrogen and oxygen atoms in total. The van der Waals surface area contributed by atoms with Crippen molar-refractivity contribution in [3.63, 3.8) is 0 Å². The highest BCUT2D eigenvalue weighted by Crippen LogP contribution is 2.15. The Balaban J connectivity index is 1.54. The fourth-order valence-electron chi connectivity index (χ4n) is 2.95. The molecule has 1 aromatic carbocycles. The van der Waals surface area contributed by atoms with E-state index in [1.165, 1.54) is 17.5 Å². The van der Waals surface area contributed by atoms with Crippen molar-refractivity contribution < 1.29 is 4.79 Å². The number of nitrogens with zero attached hydrogens (tertiary/aromatic N) is 5. The molecule has 0 unspecified atom stereocenters. The second-order valence-electron chi connectivity index (χ2n) is 6.08. The topological polar surface area (TPSA) is 54.3 Å². The summed E-state index contributed by atoms with van der Waals surface area (Å²) in [6.07, 6.45) is 3.06. The molecule has 0 N–H and O–H groups in total. The lowest BCUT2D eigenvalue weighted by Gasteiger charge is -2.36. The molecule has 0 saturated carbocycles. The van der Waals surface area contributed by atoms with Gasteiger partial charge in [-0.2, -0.15) is 5.10 Å². The van der Waals surface area contributed by atoms with Crippen LogP contribution >= 0.6 is 0 Å². The van der Waals surface area contributed by atoms with E-state index < -0.39 is 0 Å². The van der Waals surface area contributed by atoms with Crippen molar-refractivity contribution >= 4 is 5.91 Å². The van der Waals surface area contributed by atoms with Gasteiger partial charge in [-0.1, -0.05) is 24.3 Å². The van der Waals surface area contributed by atoms with Gasteiger partial charge in [-0.05, 0) is 25.0 Å². The first-order valence-corrected chi connectivity index (χ1v) is 8.05. The van der Waals surface area contributed by atoms with E-state index in [1.54, 1.807) is 11.0 Å². The second-order valence-corrected chi connectivity index (χ2v) is 6.08. The van der Waals surface area contributed by atoms with Crippen LogP contribution in [0, 0.1) is 6.92 Å². The maximum Gasteiger partial charge on any atom is 0.247 e. The number of hydrogen-bond acceptors (Lipinski definition) is 4. The molecule has 122 valence electrons. The van der Waals surface area contributed by atoms with Crippen LogP contribution in [0.3, 0.4) is 0 Å². The Morgan fingerprint density at radius 3 is 2.61 bits per heavy atom. The molecular weight excluding hydrogens is 290 g/mol. The van der Waals surface area contributed by atoms with Crippen molar-refractivity contribution in [2.45, 2.75) is 26.4 Å². The van der Waals surface area contributed by atoms with Crippen molar-refractivity contribution in [3.05, 3.63) is 48.0 Å². The fraction of sp³-hybridized carbons (Fsp3) is 0.471. The third-order valence-corrected chi connectivity index (χ3v) is 4.53. The number of carbonyl (C=O) groups is 1. The van der Waals surface area contributed by atoms with Crippen LogP contribution in [0.15, 0.2) is 36.9 Å². The Morgan fingerprint density at radius 1 is 1.22 bits per heavy atom. The summed E-state index contributed by atoms with van der Waals surface area (Å²) in [4.78, 5) is 20.8. The van der Waals surface area contributed by atoms with E-state index in [2.05, 4.69) is 46.2 Å². The molecule has 0 aliphatic carbocycles. The Hall–Kier alpha value is -2.21. The third kappa shape index (κ3) is 3.59. The molecule has 1 saturated heterocycles. The molecule has 6 heteroatoms. The molecule has 23 heavy (non-hydrogen) atoms. The summed E-state index contributed by atoms with van der Waals surface area (Å²) in [6, 6.07) is 8.19. The van der Waals surface area contributed by atoms with E-state index in [9.17, 15) is 4.79 Å². The zero-order valence-corrected chi connectivity index (χ0v) is 13.7. The minimum Gasteiger partial charge on any atom is -0.338 e. The summed E-state index contributed by atoms with van der Waals surface area (Å²) in [5.41, 5.74) is 2.69. The van der Waals surface area contributed by atoms with Crippen LogP contribution in [0.4, 0.5) is 0 Å². The number of hydrogen-bond donors (Lipinski definition) is 0. The highest BCUT2D eigenvalue weighted by atomic mass is 16.2. The van der Waals surface area contributed by atoms with Crippen molar-refractivity contribution in [2.75, 3.05) is 26.2 Å². The van der Waals surface area contributed by atoms with E-state index in [0.717, 1.165) is 32.7 Å². The molecule has 1 aromatic heterocycles. The van der Waals surface area contributed by atoms with Crippen LogP contribution in [-0.2, 0) is 11.3 Å². The standard InChI is InChI=1S/C17H23N5O/c1-14-5-3-4-6-16(14)11-20-7-9-21(10-8-20)17(23)15(2)22-13-18-12-19-22/h3-6,12-13,15H,7-11H2,1-2H3/t15-/m0/s1. The number of aryl methyl sites for hydroxylation is 1. The summed E-state index contributed by atoms with van der Waals surface area (Å²) in [6.45, 7) is 8.32. The number of piperazine rings is 1. The van der Waals surface area contributed by atoms with E-state index >= 15 is 0 Å². The molecule has 1 amide bonds. The lowest BCUT2D eigenvalue weighted by Crippen LogP contribution is -2.50. The zero-order chi connectivity index (χ0) is 16.2. The molecule has 1 atom stereocenters. The molecule has 3 rings (SSSR count). The summed E-state index contributed by atoms with van der Waals surface area (Å²) < 4.78 is 1.61. The predicted octanol–water partition coefficient (Wildman–Crippen LogP) is 1.49. The molecule has 2 heterocycles. The average Bonchev–Trinajstić information content (AvgIpc) is 3.11. The van der Waals surface area contributed by atoms with Crippen LogP contribution in [0.2, 0.25) is 0 Å². The number of rotatable bonds is 4. The first kappa shape index (κ1) is 15.7. The van der Waals surface area contributed by atoms with E-state index in [0.29, 0.717) is 0 Å². The Bertz CT molecular complexity index is 647. The van der Waals surface area contributed by atoms with Crippen LogP contribution < -0.4 is 0 Å². The lowest BCUT2D eigenvalue weighted by molar-refractivity contribution is -0.136. The summed E-state index contributed by atoms with van der Waals surface area (Å²) in [5.74, 6) is 0.117. The first-order valence-electron chi connectivity index (χ1n) is 8.05. The first-order chi connectivity index (χ1) is 11.1. The SMILES string of the molecule is Cc1ccccc1CN1CCN(C(=O)[C@H](C)n2cncn2)CC1. The molecular formula is C17H23N5O.